The molecule has 4 heterocycles. The third-order valence-corrected chi connectivity index (χ3v) is 5.68. The van der Waals surface area contributed by atoms with Crippen molar-refractivity contribution in [2.45, 2.75) is 39.7 Å². The summed E-state index contributed by atoms with van der Waals surface area (Å²) in [6.07, 6.45) is 2.45. The smallest absolute Gasteiger partial charge is 0.303 e. The number of pyridine rings is 1. The number of rotatable bonds is 5. The largest absolute Gasteiger partial charge is 0.339 e. The van der Waals surface area contributed by atoms with E-state index in [0.717, 1.165) is 42.0 Å². The van der Waals surface area contributed by atoms with Crippen LogP contribution in [0.3, 0.4) is 0 Å². The van der Waals surface area contributed by atoms with Gasteiger partial charge in [-0.25, -0.2) is 19.9 Å². The molecule has 0 saturated carbocycles. The summed E-state index contributed by atoms with van der Waals surface area (Å²) in [5, 5.41) is 9.81. The Morgan fingerprint density at radius 1 is 1.22 bits per heavy atom. The van der Waals surface area contributed by atoms with Crippen molar-refractivity contribution in [2.75, 3.05) is 17.2 Å². The maximum Gasteiger partial charge on any atom is 0.303 e. The van der Waals surface area contributed by atoms with Gasteiger partial charge in [-0.3, -0.25) is 4.79 Å². The van der Waals surface area contributed by atoms with Gasteiger partial charge in [-0.2, -0.15) is 8.78 Å². The van der Waals surface area contributed by atoms with Crippen LogP contribution in [0, 0.1) is 6.92 Å². The molecule has 170 valence electrons. The fraction of sp³-hybridized carbons (Fsp3) is 0.350. The second-order valence-electron chi connectivity index (χ2n) is 7.34. The Bertz CT molecular complexity index is 1130. The van der Waals surface area contributed by atoms with E-state index in [2.05, 4.69) is 30.9 Å². The van der Waals surface area contributed by atoms with Crippen molar-refractivity contribution in [3.8, 4) is 10.6 Å². The molecule has 3 aromatic rings. The maximum atomic E-state index is 13.8. The Morgan fingerprint density at radius 3 is 2.69 bits per heavy atom. The molecule has 0 radical (unpaired) electrons. The van der Waals surface area contributed by atoms with Crippen molar-refractivity contribution in [3.05, 3.63) is 40.4 Å². The average molecular weight is 482 g/mol. The number of hydrogen-bond donors (Lipinski definition) is 3. The summed E-state index contributed by atoms with van der Waals surface area (Å²) in [5.74, 6) is -3.47. The number of thiazole rings is 1. The first-order valence-electron chi connectivity index (χ1n) is 9.67. The van der Waals surface area contributed by atoms with Gasteiger partial charge in [-0.1, -0.05) is 0 Å². The lowest BCUT2D eigenvalue weighted by atomic mass is 10.2. The number of nitrogens with one attached hydrogen (secondary N) is 3. The highest BCUT2D eigenvalue weighted by atomic mass is 35.5. The third kappa shape index (κ3) is 5.34. The quantitative estimate of drug-likeness (QED) is 0.502. The standard InChI is InChI=1S/C20H21F2N7OS.ClH/c1-10-6-17(29-19(25-10)20(3,21)22)27-14-7-16(26-11(2)30)24-8-12(14)18-28-13-4-5-23-9-15(13)31-18;/h6-8,23H,4-5,9H2,1-3H3,(H2,24,25,26,27,29,30);1H. The van der Waals surface area contributed by atoms with Gasteiger partial charge in [0.2, 0.25) is 11.7 Å². The first-order valence-corrected chi connectivity index (χ1v) is 10.5. The molecule has 12 heteroatoms. The van der Waals surface area contributed by atoms with E-state index in [-0.39, 0.29) is 24.1 Å². The summed E-state index contributed by atoms with van der Waals surface area (Å²) in [6.45, 7) is 5.39. The highest BCUT2D eigenvalue weighted by Crippen LogP contribution is 2.36. The van der Waals surface area contributed by atoms with Crippen molar-refractivity contribution in [3.63, 3.8) is 0 Å². The van der Waals surface area contributed by atoms with E-state index >= 15 is 0 Å². The van der Waals surface area contributed by atoms with Gasteiger partial charge in [-0.15, -0.1) is 23.7 Å². The first-order chi connectivity index (χ1) is 14.7. The summed E-state index contributed by atoms with van der Waals surface area (Å²) in [5.41, 5.74) is 2.68. The number of alkyl halides is 2. The van der Waals surface area contributed by atoms with Crippen LogP contribution >= 0.6 is 23.7 Å². The summed E-state index contributed by atoms with van der Waals surface area (Å²) < 4.78 is 27.6. The van der Waals surface area contributed by atoms with Crippen LogP contribution in [0.25, 0.3) is 10.6 Å². The predicted molar refractivity (Wildman–Crippen MR) is 122 cm³/mol. The molecule has 4 rings (SSSR count). The molecular weight excluding hydrogens is 460 g/mol. The fourth-order valence-electron chi connectivity index (χ4n) is 3.19. The fourth-order valence-corrected chi connectivity index (χ4v) is 4.29. The van der Waals surface area contributed by atoms with Crippen LogP contribution in [0.15, 0.2) is 18.3 Å². The molecule has 3 N–H and O–H groups in total. The van der Waals surface area contributed by atoms with Gasteiger partial charge in [0.1, 0.15) is 16.6 Å². The number of aromatic nitrogens is 4. The van der Waals surface area contributed by atoms with Gasteiger partial charge in [0.05, 0.1) is 16.9 Å². The monoisotopic (exact) mass is 481 g/mol. The number of carbonyl (C=O) groups excluding carboxylic acids is 1. The summed E-state index contributed by atoms with van der Waals surface area (Å²) in [7, 11) is 0. The number of fused-ring (bicyclic) bond motifs is 1. The van der Waals surface area contributed by atoms with E-state index in [4.69, 9.17) is 4.98 Å². The van der Waals surface area contributed by atoms with Crippen LogP contribution in [-0.2, 0) is 23.7 Å². The number of aryl methyl sites for hydroxylation is 1. The number of anilines is 3. The van der Waals surface area contributed by atoms with Crippen LogP contribution in [0.2, 0.25) is 0 Å². The minimum atomic E-state index is -3.17. The molecule has 1 aliphatic rings. The number of hydrogen-bond acceptors (Lipinski definition) is 8. The summed E-state index contributed by atoms with van der Waals surface area (Å²) in [6, 6.07) is 3.21. The molecule has 32 heavy (non-hydrogen) atoms. The molecule has 0 saturated heterocycles. The van der Waals surface area contributed by atoms with Gasteiger partial charge >= 0.3 is 5.92 Å². The van der Waals surface area contributed by atoms with Crippen LogP contribution < -0.4 is 16.0 Å². The van der Waals surface area contributed by atoms with Crippen molar-refractivity contribution in [1.82, 2.24) is 25.3 Å². The van der Waals surface area contributed by atoms with Crippen LogP contribution in [0.4, 0.5) is 26.1 Å². The zero-order chi connectivity index (χ0) is 22.2. The molecule has 0 fully saturated rings. The molecule has 0 atom stereocenters. The summed E-state index contributed by atoms with van der Waals surface area (Å²) in [4.78, 5) is 29.5. The van der Waals surface area contributed by atoms with E-state index in [9.17, 15) is 13.6 Å². The zero-order valence-electron chi connectivity index (χ0n) is 17.6. The lowest BCUT2D eigenvalue weighted by Crippen LogP contribution is -2.22. The van der Waals surface area contributed by atoms with Gasteiger partial charge in [0.15, 0.2) is 0 Å². The Kier molecular flexibility index (Phi) is 7.01. The minimum absolute atomic E-state index is 0. The molecule has 1 amide bonds. The van der Waals surface area contributed by atoms with E-state index in [1.54, 1.807) is 36.6 Å². The highest BCUT2D eigenvalue weighted by molar-refractivity contribution is 7.15. The van der Waals surface area contributed by atoms with Crippen molar-refractivity contribution in [1.29, 1.82) is 0 Å². The molecule has 0 aromatic carbocycles. The Balaban J connectivity index is 0.00000289. The topological polar surface area (TPSA) is 105 Å². The Morgan fingerprint density at radius 2 is 2.00 bits per heavy atom. The predicted octanol–water partition coefficient (Wildman–Crippen LogP) is 4.18. The molecule has 0 aliphatic carbocycles. The lowest BCUT2D eigenvalue weighted by Gasteiger charge is -2.15. The highest BCUT2D eigenvalue weighted by Gasteiger charge is 2.29. The summed E-state index contributed by atoms with van der Waals surface area (Å²) >= 11 is 1.55. The van der Waals surface area contributed by atoms with Crippen LogP contribution in [-0.4, -0.2) is 32.4 Å². The number of halogens is 3. The zero-order valence-corrected chi connectivity index (χ0v) is 19.3. The molecular formula is C20H22ClF2N7OS. The first kappa shape index (κ1) is 23.9. The minimum Gasteiger partial charge on any atom is -0.339 e. The number of carbonyl (C=O) groups is 1. The Hall–Kier alpha value is -2.76. The molecule has 1 aliphatic heterocycles. The number of amides is 1. The van der Waals surface area contributed by atoms with Gasteiger partial charge < -0.3 is 16.0 Å². The van der Waals surface area contributed by atoms with E-state index in [1.165, 1.54) is 6.92 Å². The van der Waals surface area contributed by atoms with Crippen molar-refractivity contribution < 1.29 is 13.6 Å². The van der Waals surface area contributed by atoms with Gasteiger partial charge in [0, 0.05) is 62.3 Å². The normalized spacial score (nSPS) is 13.2. The van der Waals surface area contributed by atoms with Gasteiger partial charge in [0.25, 0.3) is 0 Å². The van der Waals surface area contributed by atoms with Crippen LogP contribution in [0.1, 0.15) is 35.9 Å². The Labute approximate surface area is 193 Å². The number of nitrogens with zero attached hydrogens (tertiary/aromatic N) is 4. The second-order valence-corrected chi connectivity index (χ2v) is 8.43. The molecule has 3 aromatic heterocycles. The maximum absolute atomic E-state index is 13.8. The van der Waals surface area contributed by atoms with Gasteiger partial charge in [-0.05, 0) is 6.92 Å². The second kappa shape index (κ2) is 9.39. The van der Waals surface area contributed by atoms with E-state index in [1.807, 2.05) is 0 Å². The third-order valence-electron chi connectivity index (χ3n) is 4.55. The van der Waals surface area contributed by atoms with E-state index < -0.39 is 11.7 Å². The average Bonchev–Trinajstić information content (AvgIpc) is 3.10. The SMILES string of the molecule is CC(=O)Nc1cc(Nc2cc(C)nc(C(C)(F)F)n2)c(-c2nc3c(s2)CNCC3)cn1.Cl. The van der Waals surface area contributed by atoms with Crippen LogP contribution in [0.5, 0.6) is 0 Å². The molecule has 8 nitrogen and oxygen atoms in total. The molecule has 0 unspecified atom stereocenters. The molecule has 0 spiro atoms. The van der Waals surface area contributed by atoms with Crippen molar-refractivity contribution >= 4 is 47.0 Å². The van der Waals surface area contributed by atoms with E-state index in [0.29, 0.717) is 22.8 Å². The molecule has 0 bridgehead atoms. The van der Waals surface area contributed by atoms with Crippen molar-refractivity contribution in [2.24, 2.45) is 0 Å². The lowest BCUT2D eigenvalue weighted by molar-refractivity contribution is -0.114.